The van der Waals surface area contributed by atoms with Gasteiger partial charge in [0.1, 0.15) is 17.2 Å². The first-order valence-electron chi connectivity index (χ1n) is 6.07. The average molecular weight is 303 g/mol. The molecular formula is C15H11F2N3O2. The van der Waals surface area contributed by atoms with E-state index in [2.05, 4.69) is 11.6 Å². The van der Waals surface area contributed by atoms with Gasteiger partial charge >= 0.3 is 0 Å². The lowest BCUT2D eigenvalue weighted by atomic mass is 10.2. The van der Waals surface area contributed by atoms with E-state index >= 15 is 0 Å². The molecule has 112 valence electrons. The first-order chi connectivity index (χ1) is 10.5. The number of allylic oxidation sites excluding steroid dienone is 3. The third-order valence-corrected chi connectivity index (χ3v) is 2.72. The summed E-state index contributed by atoms with van der Waals surface area (Å²) >= 11 is 0. The molecular weight excluding hydrogens is 292 g/mol. The molecule has 0 saturated carbocycles. The molecule has 3 N–H and O–H groups in total. The van der Waals surface area contributed by atoms with Crippen LogP contribution in [0.3, 0.4) is 0 Å². The molecule has 0 spiro atoms. The lowest BCUT2D eigenvalue weighted by Gasteiger charge is -1.99. The van der Waals surface area contributed by atoms with E-state index in [-0.39, 0.29) is 17.0 Å². The minimum atomic E-state index is -0.925. The Balaban J connectivity index is 2.61. The number of rotatable bonds is 5. The van der Waals surface area contributed by atoms with Gasteiger partial charge in [0.15, 0.2) is 11.5 Å². The number of amides is 1. The molecule has 2 aromatic rings. The SMILES string of the molecule is C=C(/C=C\C=N)c1oc(-c2c(F)cccc2F)nc1C(N)=O. The van der Waals surface area contributed by atoms with E-state index in [4.69, 9.17) is 15.6 Å². The predicted octanol–water partition coefficient (Wildman–Crippen LogP) is 2.94. The molecule has 0 radical (unpaired) electrons. The summed E-state index contributed by atoms with van der Waals surface area (Å²) in [5.41, 5.74) is 4.58. The second kappa shape index (κ2) is 6.13. The smallest absolute Gasteiger partial charge is 0.271 e. The first kappa shape index (κ1) is 15.3. The number of primary amides is 1. The van der Waals surface area contributed by atoms with Crippen LogP contribution in [0.5, 0.6) is 0 Å². The fraction of sp³-hybridized carbons (Fsp3) is 0. The Bertz CT molecular complexity index is 774. The van der Waals surface area contributed by atoms with Crippen LogP contribution in [-0.2, 0) is 0 Å². The van der Waals surface area contributed by atoms with Gasteiger partial charge in [-0.3, -0.25) is 4.79 Å². The topological polar surface area (TPSA) is 93.0 Å². The number of hydrogen-bond donors (Lipinski definition) is 2. The van der Waals surface area contributed by atoms with Crippen molar-refractivity contribution in [3.05, 3.63) is 60.0 Å². The molecule has 22 heavy (non-hydrogen) atoms. The van der Waals surface area contributed by atoms with Gasteiger partial charge in [-0.2, -0.15) is 0 Å². The zero-order valence-electron chi connectivity index (χ0n) is 11.3. The van der Waals surface area contributed by atoms with Crippen molar-refractivity contribution in [2.45, 2.75) is 0 Å². The summed E-state index contributed by atoms with van der Waals surface area (Å²) < 4.78 is 32.8. The van der Waals surface area contributed by atoms with Crippen molar-refractivity contribution in [2.24, 2.45) is 5.73 Å². The van der Waals surface area contributed by atoms with Crippen molar-refractivity contribution in [3.8, 4) is 11.5 Å². The van der Waals surface area contributed by atoms with Crippen LogP contribution >= 0.6 is 0 Å². The first-order valence-corrected chi connectivity index (χ1v) is 6.07. The predicted molar refractivity (Wildman–Crippen MR) is 77.3 cm³/mol. The monoisotopic (exact) mass is 303 g/mol. The third kappa shape index (κ3) is 2.83. The molecule has 0 aliphatic heterocycles. The van der Waals surface area contributed by atoms with Gasteiger partial charge in [0.2, 0.25) is 5.89 Å². The Morgan fingerprint density at radius 2 is 2.00 bits per heavy atom. The number of nitrogens with one attached hydrogen (secondary N) is 1. The average Bonchev–Trinajstić information content (AvgIpc) is 2.89. The van der Waals surface area contributed by atoms with Crippen molar-refractivity contribution >= 4 is 17.7 Å². The lowest BCUT2D eigenvalue weighted by molar-refractivity contribution is 0.0995. The fourth-order valence-electron chi connectivity index (χ4n) is 1.75. The van der Waals surface area contributed by atoms with E-state index in [9.17, 15) is 13.6 Å². The van der Waals surface area contributed by atoms with Crippen molar-refractivity contribution in [1.29, 1.82) is 5.41 Å². The van der Waals surface area contributed by atoms with E-state index in [1.165, 1.54) is 18.2 Å². The number of nitrogens with zero attached hydrogens (tertiary/aromatic N) is 1. The Kier molecular flexibility index (Phi) is 4.26. The van der Waals surface area contributed by atoms with Crippen molar-refractivity contribution in [3.63, 3.8) is 0 Å². The molecule has 0 bridgehead atoms. The van der Waals surface area contributed by atoms with Crippen LogP contribution in [-0.4, -0.2) is 17.1 Å². The van der Waals surface area contributed by atoms with Gasteiger partial charge in [-0.25, -0.2) is 13.8 Å². The molecule has 0 saturated heterocycles. The molecule has 0 aliphatic carbocycles. The molecule has 5 nitrogen and oxygen atoms in total. The number of halogens is 2. The Hall–Kier alpha value is -3.09. The Morgan fingerprint density at radius 1 is 1.36 bits per heavy atom. The number of carbonyl (C=O) groups excluding carboxylic acids is 1. The largest absolute Gasteiger partial charge is 0.435 e. The summed E-state index contributed by atoms with van der Waals surface area (Å²) in [6.07, 6.45) is 3.70. The minimum Gasteiger partial charge on any atom is -0.435 e. The summed E-state index contributed by atoms with van der Waals surface area (Å²) in [5, 5.41) is 6.90. The van der Waals surface area contributed by atoms with Gasteiger partial charge in [-0.05, 0) is 18.2 Å². The summed E-state index contributed by atoms with van der Waals surface area (Å²) in [6, 6.07) is 3.27. The van der Waals surface area contributed by atoms with Crippen LogP contribution < -0.4 is 5.73 Å². The van der Waals surface area contributed by atoms with E-state index in [1.54, 1.807) is 0 Å². The highest BCUT2D eigenvalue weighted by Crippen LogP contribution is 2.30. The Morgan fingerprint density at radius 3 is 2.55 bits per heavy atom. The molecule has 2 rings (SSSR count). The maximum atomic E-state index is 13.8. The maximum Gasteiger partial charge on any atom is 0.271 e. The molecule has 0 fully saturated rings. The van der Waals surface area contributed by atoms with Gasteiger partial charge in [0.05, 0.1) is 0 Å². The van der Waals surface area contributed by atoms with E-state index in [0.29, 0.717) is 0 Å². The highest BCUT2D eigenvalue weighted by Gasteiger charge is 2.23. The zero-order valence-corrected chi connectivity index (χ0v) is 11.3. The number of aromatic nitrogens is 1. The standard InChI is InChI=1S/C15H11F2N3O2/c1-8(4-3-7-18)13-12(14(19)21)20-15(22-13)11-9(16)5-2-6-10(11)17/h2-7,18H,1H2,(H2,19,21)/b4-3-,18-7?. The molecule has 1 aromatic heterocycles. The molecule has 0 atom stereocenters. The van der Waals surface area contributed by atoms with Crippen molar-refractivity contribution in [2.75, 3.05) is 0 Å². The number of oxazole rings is 1. The van der Waals surface area contributed by atoms with E-state index in [1.807, 2.05) is 0 Å². The van der Waals surface area contributed by atoms with Gasteiger partial charge in [0.25, 0.3) is 5.91 Å². The second-order valence-electron chi connectivity index (χ2n) is 4.21. The zero-order chi connectivity index (χ0) is 16.3. The summed E-state index contributed by atoms with van der Waals surface area (Å²) in [7, 11) is 0. The van der Waals surface area contributed by atoms with Crippen molar-refractivity contribution in [1.82, 2.24) is 4.98 Å². The highest BCUT2D eigenvalue weighted by molar-refractivity contribution is 5.97. The number of nitrogens with two attached hydrogens (primary N) is 1. The van der Waals surface area contributed by atoms with E-state index in [0.717, 1.165) is 18.3 Å². The van der Waals surface area contributed by atoms with Crippen molar-refractivity contribution < 1.29 is 18.0 Å². The van der Waals surface area contributed by atoms with Crippen LogP contribution in [0.25, 0.3) is 17.0 Å². The van der Waals surface area contributed by atoms with Gasteiger partial charge in [-0.15, -0.1) is 0 Å². The van der Waals surface area contributed by atoms with Crippen LogP contribution in [0, 0.1) is 17.0 Å². The summed E-state index contributed by atoms with van der Waals surface area (Å²) in [4.78, 5) is 15.2. The van der Waals surface area contributed by atoms with Gasteiger partial charge in [-0.1, -0.05) is 18.7 Å². The number of benzene rings is 1. The molecule has 7 heteroatoms. The van der Waals surface area contributed by atoms with Gasteiger partial charge < -0.3 is 15.6 Å². The molecule has 0 aliphatic rings. The van der Waals surface area contributed by atoms with E-state index < -0.39 is 29.0 Å². The summed E-state index contributed by atoms with van der Waals surface area (Å²) in [5.74, 6) is -3.22. The quantitative estimate of drug-likeness (QED) is 0.657. The Labute approximate surface area is 124 Å². The van der Waals surface area contributed by atoms with Crippen LogP contribution in [0.2, 0.25) is 0 Å². The molecule has 1 aromatic carbocycles. The van der Waals surface area contributed by atoms with Crippen LogP contribution in [0.15, 0.2) is 41.3 Å². The normalized spacial score (nSPS) is 10.8. The summed E-state index contributed by atoms with van der Waals surface area (Å²) in [6.45, 7) is 3.64. The number of hydrogen-bond acceptors (Lipinski definition) is 4. The third-order valence-electron chi connectivity index (χ3n) is 2.72. The van der Waals surface area contributed by atoms with Crippen LogP contribution in [0.1, 0.15) is 16.2 Å². The minimum absolute atomic E-state index is 0.108. The number of carbonyl (C=O) groups is 1. The van der Waals surface area contributed by atoms with Crippen LogP contribution in [0.4, 0.5) is 8.78 Å². The second-order valence-corrected chi connectivity index (χ2v) is 4.21. The molecule has 0 unspecified atom stereocenters. The molecule has 1 heterocycles. The highest BCUT2D eigenvalue weighted by atomic mass is 19.1. The maximum absolute atomic E-state index is 13.8. The fourth-order valence-corrected chi connectivity index (χ4v) is 1.75. The molecule has 1 amide bonds. The van der Waals surface area contributed by atoms with Gasteiger partial charge in [0, 0.05) is 11.8 Å². The lowest BCUT2D eigenvalue weighted by Crippen LogP contribution is -2.13.